The third-order valence-corrected chi connectivity index (χ3v) is 4.34. The summed E-state index contributed by atoms with van der Waals surface area (Å²) in [5, 5.41) is 11.3. The van der Waals surface area contributed by atoms with Crippen LogP contribution in [-0.2, 0) is 0 Å². The molecule has 3 nitrogen and oxygen atoms in total. The van der Waals surface area contributed by atoms with Crippen LogP contribution >= 0.6 is 11.3 Å². The van der Waals surface area contributed by atoms with Crippen molar-refractivity contribution in [2.45, 2.75) is 0 Å². The number of carboxylic acids is 1. The number of carbonyl (C=O) groups is 1. The summed E-state index contributed by atoms with van der Waals surface area (Å²) in [6, 6.07) is 11.6. The number of rotatable bonds is 2. The summed E-state index contributed by atoms with van der Waals surface area (Å²) in [5.41, 5.74) is 1.49. The minimum absolute atomic E-state index is 0. The third-order valence-electron chi connectivity index (χ3n) is 3.22. The molecule has 20 heavy (non-hydrogen) atoms. The Hall–Kier alpha value is -0.434. The molecule has 5 heteroatoms. The van der Waals surface area contributed by atoms with E-state index in [-0.39, 0.29) is 52.8 Å². The van der Waals surface area contributed by atoms with Gasteiger partial charge in [0, 0.05) is 40.0 Å². The van der Waals surface area contributed by atoms with Crippen molar-refractivity contribution < 1.29 is 62.7 Å². The van der Waals surface area contributed by atoms with Gasteiger partial charge in [0.25, 0.3) is 0 Å². The van der Waals surface area contributed by atoms with E-state index in [1.807, 2.05) is 20.2 Å². The van der Waals surface area contributed by atoms with Crippen molar-refractivity contribution in [2.75, 3.05) is 19.0 Å². The largest absolute Gasteiger partial charge is 1.00 e. The van der Waals surface area contributed by atoms with Crippen LogP contribution in [-0.4, -0.2) is 25.2 Å². The van der Waals surface area contributed by atoms with Gasteiger partial charge in [0.2, 0.25) is 0 Å². The quantitative estimate of drug-likeness (QED) is 0.716. The average molecular weight is 311 g/mol. The number of benzene rings is 2. The fourth-order valence-corrected chi connectivity index (χ4v) is 3.36. The molecule has 0 spiro atoms. The maximum atomic E-state index is 11.0. The van der Waals surface area contributed by atoms with Gasteiger partial charge in [0.1, 0.15) is 0 Å². The Labute approximate surface area is 165 Å². The van der Waals surface area contributed by atoms with Crippen LogP contribution in [0.2, 0.25) is 0 Å². The van der Waals surface area contributed by atoms with Crippen molar-refractivity contribution in [2.24, 2.45) is 0 Å². The first-order valence-corrected chi connectivity index (χ1v) is 6.75. The Morgan fingerprint density at radius 1 is 1.10 bits per heavy atom. The van der Waals surface area contributed by atoms with Gasteiger partial charge >= 0.3 is 57.4 Å². The minimum Gasteiger partial charge on any atom is -1.00 e. The predicted molar refractivity (Wildman–Crippen MR) is 81.7 cm³/mol. The maximum Gasteiger partial charge on any atom is 1.00 e. The molecule has 0 saturated heterocycles. The molecule has 0 fully saturated rings. The molecular weight excluding hydrogens is 297 g/mol. The molecule has 98 valence electrons. The molecular formula is C15H14KNO2S. The summed E-state index contributed by atoms with van der Waals surface area (Å²) >= 11 is 1.63. The first kappa shape index (κ1) is 15.9. The molecule has 0 amide bonds. The van der Waals surface area contributed by atoms with E-state index in [1.165, 1.54) is 10.1 Å². The SMILES string of the molecule is CN(C)c1ccc2c(c1)sc1cc(C(=O)O)ccc12.[H-].[K+]. The molecule has 0 aliphatic rings. The van der Waals surface area contributed by atoms with E-state index in [9.17, 15) is 4.79 Å². The molecule has 0 unspecified atom stereocenters. The van der Waals surface area contributed by atoms with Gasteiger partial charge in [-0.1, -0.05) is 12.1 Å². The van der Waals surface area contributed by atoms with Crippen LogP contribution < -0.4 is 56.3 Å². The molecule has 2 aromatic carbocycles. The minimum atomic E-state index is -0.881. The molecule has 1 heterocycles. The van der Waals surface area contributed by atoms with E-state index >= 15 is 0 Å². The van der Waals surface area contributed by atoms with Crippen LogP contribution in [0.4, 0.5) is 5.69 Å². The molecule has 0 aliphatic heterocycles. The monoisotopic (exact) mass is 311 g/mol. The first-order valence-electron chi connectivity index (χ1n) is 5.93. The van der Waals surface area contributed by atoms with Gasteiger partial charge in [-0.05, 0) is 24.3 Å². The van der Waals surface area contributed by atoms with E-state index in [2.05, 4.69) is 23.1 Å². The molecule has 0 bridgehead atoms. The second-order valence-electron chi connectivity index (χ2n) is 4.69. The van der Waals surface area contributed by atoms with Gasteiger partial charge in [-0.15, -0.1) is 11.3 Å². The van der Waals surface area contributed by atoms with Crippen molar-refractivity contribution in [3.05, 3.63) is 42.0 Å². The van der Waals surface area contributed by atoms with E-state index in [0.717, 1.165) is 15.8 Å². The number of hydrogen-bond donors (Lipinski definition) is 1. The number of anilines is 1. The Bertz CT molecular complexity index is 801. The molecule has 0 atom stereocenters. The van der Waals surface area contributed by atoms with Crippen molar-refractivity contribution in [3.63, 3.8) is 0 Å². The molecule has 0 radical (unpaired) electrons. The number of aromatic carboxylic acids is 1. The van der Waals surface area contributed by atoms with Gasteiger partial charge in [-0.25, -0.2) is 4.79 Å². The summed E-state index contributed by atoms with van der Waals surface area (Å²) in [5.74, 6) is -0.881. The second kappa shape index (κ2) is 6.13. The molecule has 0 saturated carbocycles. The predicted octanol–water partition coefficient (Wildman–Crippen LogP) is 0.935. The van der Waals surface area contributed by atoms with Crippen LogP contribution in [0.5, 0.6) is 0 Å². The van der Waals surface area contributed by atoms with Crippen molar-refractivity contribution in [1.82, 2.24) is 0 Å². The van der Waals surface area contributed by atoms with Crippen LogP contribution in [0, 0.1) is 0 Å². The fraction of sp³-hybridized carbons (Fsp3) is 0.133. The van der Waals surface area contributed by atoms with Crippen molar-refractivity contribution >= 4 is 43.2 Å². The zero-order valence-corrected chi connectivity index (χ0v) is 15.6. The normalized spacial score (nSPS) is 10.5. The van der Waals surface area contributed by atoms with E-state index in [4.69, 9.17) is 5.11 Å². The van der Waals surface area contributed by atoms with E-state index in [0.29, 0.717) is 5.56 Å². The Balaban J connectivity index is 0.00000110. The van der Waals surface area contributed by atoms with Crippen LogP contribution in [0.1, 0.15) is 11.8 Å². The average Bonchev–Trinajstić information content (AvgIpc) is 2.74. The number of thiophene rings is 1. The Kier molecular flexibility index (Phi) is 4.89. The van der Waals surface area contributed by atoms with E-state index in [1.54, 1.807) is 23.5 Å². The van der Waals surface area contributed by atoms with Gasteiger partial charge in [0.05, 0.1) is 5.56 Å². The van der Waals surface area contributed by atoms with Crippen LogP contribution in [0.25, 0.3) is 20.2 Å². The fourth-order valence-electron chi connectivity index (χ4n) is 2.18. The summed E-state index contributed by atoms with van der Waals surface area (Å²) in [6.45, 7) is 0. The Morgan fingerprint density at radius 3 is 2.30 bits per heavy atom. The van der Waals surface area contributed by atoms with Crippen LogP contribution in [0.15, 0.2) is 36.4 Å². The smallest absolute Gasteiger partial charge is 1.00 e. The van der Waals surface area contributed by atoms with Crippen molar-refractivity contribution in [3.8, 4) is 0 Å². The number of carboxylic acid groups (broad SMARTS) is 1. The zero-order valence-electron chi connectivity index (χ0n) is 12.7. The molecule has 3 aromatic rings. The van der Waals surface area contributed by atoms with E-state index < -0.39 is 5.97 Å². The maximum absolute atomic E-state index is 11.0. The third kappa shape index (κ3) is 2.79. The van der Waals surface area contributed by atoms with Gasteiger partial charge < -0.3 is 11.4 Å². The summed E-state index contributed by atoms with van der Waals surface area (Å²) in [7, 11) is 4.02. The molecule has 3 rings (SSSR count). The standard InChI is InChI=1S/C15H13NO2S.K.H/c1-16(2)10-4-6-12-11-5-3-9(15(17)18)7-13(11)19-14(12)8-10;;/h3-8H,1-2H3,(H,17,18);;/q;+1;-1. The Morgan fingerprint density at radius 2 is 1.70 bits per heavy atom. The second-order valence-corrected chi connectivity index (χ2v) is 5.78. The van der Waals surface area contributed by atoms with Gasteiger partial charge in [-0.2, -0.15) is 0 Å². The van der Waals surface area contributed by atoms with Crippen molar-refractivity contribution in [1.29, 1.82) is 0 Å². The summed E-state index contributed by atoms with van der Waals surface area (Å²) in [6.07, 6.45) is 0. The summed E-state index contributed by atoms with van der Waals surface area (Å²) < 4.78 is 2.20. The van der Waals surface area contributed by atoms with Gasteiger partial charge in [-0.3, -0.25) is 0 Å². The molecule has 0 aliphatic carbocycles. The van der Waals surface area contributed by atoms with Gasteiger partial charge in [0.15, 0.2) is 0 Å². The summed E-state index contributed by atoms with van der Waals surface area (Å²) in [4.78, 5) is 13.1. The van der Waals surface area contributed by atoms with Crippen LogP contribution in [0.3, 0.4) is 0 Å². The molecule has 1 aromatic heterocycles. The zero-order chi connectivity index (χ0) is 13.6. The molecule has 1 N–H and O–H groups in total. The number of hydrogen-bond acceptors (Lipinski definition) is 3. The number of nitrogens with zero attached hydrogens (tertiary/aromatic N) is 1. The number of fused-ring (bicyclic) bond motifs is 3. The first-order chi connectivity index (χ1) is 9.06. The topological polar surface area (TPSA) is 40.5 Å².